The van der Waals surface area contributed by atoms with Crippen LogP contribution in [0.2, 0.25) is 0 Å². The van der Waals surface area contributed by atoms with E-state index in [9.17, 15) is 4.79 Å². The Morgan fingerprint density at radius 3 is 2.26 bits per heavy atom. The predicted octanol–water partition coefficient (Wildman–Crippen LogP) is 2.95. The molecule has 2 rings (SSSR count). The predicted molar refractivity (Wildman–Crippen MR) is 79.1 cm³/mol. The summed E-state index contributed by atoms with van der Waals surface area (Å²) in [6.45, 7) is 6.38. The van der Waals surface area contributed by atoms with Gasteiger partial charge in [0.25, 0.3) is 0 Å². The Morgan fingerprint density at radius 2 is 1.74 bits per heavy atom. The molecule has 110 valence electrons. The first kappa shape index (κ1) is 14.8. The van der Waals surface area contributed by atoms with E-state index in [1.807, 2.05) is 0 Å². The Hall–Kier alpha value is -0.570. The standard InChI is InChI=1S/C16H30N2O/c1-13(17-14(2)15-8-7-9-15)12-16(19)18-10-5-3-4-6-11-18/h13-15,17H,3-12H2,1-2H3/t13-,14+/m0/s1. The lowest BCUT2D eigenvalue weighted by molar-refractivity contribution is -0.131. The van der Waals surface area contributed by atoms with Crippen molar-refractivity contribution in [2.75, 3.05) is 13.1 Å². The Balaban J connectivity index is 1.70. The molecule has 0 aromatic rings. The molecule has 0 unspecified atom stereocenters. The first-order valence-corrected chi connectivity index (χ1v) is 8.20. The Labute approximate surface area is 118 Å². The fourth-order valence-electron chi connectivity index (χ4n) is 3.29. The fourth-order valence-corrected chi connectivity index (χ4v) is 3.29. The van der Waals surface area contributed by atoms with Crippen LogP contribution in [-0.2, 0) is 4.79 Å². The molecule has 2 atom stereocenters. The van der Waals surface area contributed by atoms with Gasteiger partial charge in [0.15, 0.2) is 0 Å². The van der Waals surface area contributed by atoms with Crippen molar-refractivity contribution in [2.24, 2.45) is 5.92 Å². The summed E-state index contributed by atoms with van der Waals surface area (Å²) < 4.78 is 0. The summed E-state index contributed by atoms with van der Waals surface area (Å²) in [6, 6.07) is 0.882. The maximum absolute atomic E-state index is 12.3. The van der Waals surface area contributed by atoms with Gasteiger partial charge in [-0.2, -0.15) is 0 Å². The molecule has 19 heavy (non-hydrogen) atoms. The van der Waals surface area contributed by atoms with Gasteiger partial charge < -0.3 is 10.2 Å². The molecule has 1 N–H and O–H groups in total. The lowest BCUT2D eigenvalue weighted by Gasteiger charge is -2.34. The highest BCUT2D eigenvalue weighted by Gasteiger charge is 2.25. The van der Waals surface area contributed by atoms with Crippen LogP contribution in [0.25, 0.3) is 0 Å². The highest BCUT2D eigenvalue weighted by molar-refractivity contribution is 5.76. The third kappa shape index (κ3) is 4.48. The van der Waals surface area contributed by atoms with E-state index in [4.69, 9.17) is 0 Å². The van der Waals surface area contributed by atoms with Crippen LogP contribution in [0.3, 0.4) is 0 Å². The molecule has 0 radical (unpaired) electrons. The zero-order valence-electron chi connectivity index (χ0n) is 12.7. The van der Waals surface area contributed by atoms with Crippen LogP contribution < -0.4 is 5.32 Å². The van der Waals surface area contributed by atoms with Crippen LogP contribution in [0, 0.1) is 5.92 Å². The SMILES string of the molecule is C[C@@H](CC(=O)N1CCCCCC1)N[C@H](C)C1CCC1. The van der Waals surface area contributed by atoms with Gasteiger partial charge in [-0.05, 0) is 45.4 Å². The minimum absolute atomic E-state index is 0.311. The average Bonchev–Trinajstić information content (AvgIpc) is 2.54. The number of nitrogens with zero attached hydrogens (tertiary/aromatic N) is 1. The quantitative estimate of drug-likeness (QED) is 0.830. The smallest absolute Gasteiger partial charge is 0.224 e. The molecule has 2 fully saturated rings. The van der Waals surface area contributed by atoms with Crippen molar-refractivity contribution in [3.05, 3.63) is 0 Å². The summed E-state index contributed by atoms with van der Waals surface area (Å²) in [6.07, 6.45) is 9.72. The van der Waals surface area contributed by atoms with Crippen LogP contribution in [0.1, 0.15) is 65.2 Å². The second-order valence-corrected chi connectivity index (χ2v) is 6.55. The number of hydrogen-bond donors (Lipinski definition) is 1. The molecule has 3 heteroatoms. The largest absolute Gasteiger partial charge is 0.343 e. The van der Waals surface area contributed by atoms with Crippen LogP contribution >= 0.6 is 0 Å². The van der Waals surface area contributed by atoms with Crippen molar-refractivity contribution in [3.63, 3.8) is 0 Å². The number of carbonyl (C=O) groups excluding carboxylic acids is 1. The highest BCUT2D eigenvalue weighted by atomic mass is 16.2. The number of likely N-dealkylation sites (tertiary alicyclic amines) is 1. The molecule has 1 saturated heterocycles. The Kier molecular flexibility index (Phi) is 5.68. The Bertz CT molecular complexity index is 280. The van der Waals surface area contributed by atoms with Crippen molar-refractivity contribution in [3.8, 4) is 0 Å². The van der Waals surface area contributed by atoms with E-state index in [2.05, 4.69) is 24.1 Å². The molecule has 2 aliphatic rings. The Morgan fingerprint density at radius 1 is 1.11 bits per heavy atom. The van der Waals surface area contributed by atoms with Crippen molar-refractivity contribution in [1.82, 2.24) is 10.2 Å². The number of nitrogens with one attached hydrogen (secondary N) is 1. The highest BCUT2D eigenvalue weighted by Crippen LogP contribution is 2.29. The first-order valence-electron chi connectivity index (χ1n) is 8.20. The summed E-state index contributed by atoms with van der Waals surface area (Å²) in [5.74, 6) is 1.19. The van der Waals surface area contributed by atoms with Crippen molar-refractivity contribution >= 4 is 5.91 Å². The maximum atomic E-state index is 12.3. The second-order valence-electron chi connectivity index (χ2n) is 6.55. The molecule has 1 aliphatic carbocycles. The first-order chi connectivity index (χ1) is 9.16. The third-order valence-corrected chi connectivity index (χ3v) is 4.84. The van der Waals surface area contributed by atoms with E-state index in [1.54, 1.807) is 0 Å². The summed E-state index contributed by atoms with van der Waals surface area (Å²) in [5.41, 5.74) is 0. The average molecular weight is 266 g/mol. The van der Waals surface area contributed by atoms with E-state index in [0.29, 0.717) is 24.4 Å². The number of hydrogen-bond acceptors (Lipinski definition) is 2. The monoisotopic (exact) mass is 266 g/mol. The normalized spacial score (nSPS) is 24.4. The second kappa shape index (κ2) is 7.28. The molecule has 1 heterocycles. The van der Waals surface area contributed by atoms with Gasteiger partial charge in [-0.3, -0.25) is 4.79 Å². The lowest BCUT2D eigenvalue weighted by Crippen LogP contribution is -2.44. The van der Waals surface area contributed by atoms with E-state index in [-0.39, 0.29) is 0 Å². The van der Waals surface area contributed by atoms with Gasteiger partial charge in [-0.25, -0.2) is 0 Å². The van der Waals surface area contributed by atoms with Crippen molar-refractivity contribution in [1.29, 1.82) is 0 Å². The van der Waals surface area contributed by atoms with Crippen LogP contribution in [-0.4, -0.2) is 36.0 Å². The molecule has 1 saturated carbocycles. The third-order valence-electron chi connectivity index (χ3n) is 4.84. The maximum Gasteiger partial charge on any atom is 0.224 e. The van der Waals surface area contributed by atoms with Gasteiger partial charge >= 0.3 is 0 Å². The molecule has 0 bridgehead atoms. The summed E-state index contributed by atoms with van der Waals surface area (Å²) in [4.78, 5) is 14.4. The van der Waals surface area contributed by atoms with E-state index in [1.165, 1.54) is 44.9 Å². The minimum atomic E-state index is 0.311. The fraction of sp³-hybridized carbons (Fsp3) is 0.938. The van der Waals surface area contributed by atoms with E-state index in [0.717, 1.165) is 19.0 Å². The summed E-state index contributed by atoms with van der Waals surface area (Å²) in [5, 5.41) is 3.62. The zero-order chi connectivity index (χ0) is 13.7. The molecule has 0 aromatic carbocycles. The van der Waals surface area contributed by atoms with Gasteiger partial charge in [0.2, 0.25) is 5.91 Å². The van der Waals surface area contributed by atoms with E-state index >= 15 is 0 Å². The number of amides is 1. The van der Waals surface area contributed by atoms with Crippen LogP contribution in [0.15, 0.2) is 0 Å². The van der Waals surface area contributed by atoms with Crippen molar-refractivity contribution < 1.29 is 4.79 Å². The minimum Gasteiger partial charge on any atom is -0.343 e. The van der Waals surface area contributed by atoms with Gasteiger partial charge in [0, 0.05) is 31.6 Å². The summed E-state index contributed by atoms with van der Waals surface area (Å²) >= 11 is 0. The number of carbonyl (C=O) groups is 1. The summed E-state index contributed by atoms with van der Waals surface area (Å²) in [7, 11) is 0. The molecule has 0 spiro atoms. The van der Waals surface area contributed by atoms with Gasteiger partial charge in [-0.15, -0.1) is 0 Å². The van der Waals surface area contributed by atoms with Crippen LogP contribution in [0.5, 0.6) is 0 Å². The van der Waals surface area contributed by atoms with Gasteiger partial charge in [-0.1, -0.05) is 19.3 Å². The molecule has 1 aliphatic heterocycles. The number of rotatable bonds is 5. The molecule has 0 aromatic heterocycles. The molecule has 1 amide bonds. The van der Waals surface area contributed by atoms with Gasteiger partial charge in [0.05, 0.1) is 0 Å². The van der Waals surface area contributed by atoms with E-state index < -0.39 is 0 Å². The molecular weight excluding hydrogens is 236 g/mol. The van der Waals surface area contributed by atoms with Gasteiger partial charge in [0.1, 0.15) is 0 Å². The topological polar surface area (TPSA) is 32.3 Å². The molecular formula is C16H30N2O. The molecule has 3 nitrogen and oxygen atoms in total. The zero-order valence-corrected chi connectivity index (χ0v) is 12.7. The van der Waals surface area contributed by atoms with Crippen LogP contribution in [0.4, 0.5) is 0 Å². The van der Waals surface area contributed by atoms with Crippen molar-refractivity contribution in [2.45, 2.75) is 77.3 Å². The lowest BCUT2D eigenvalue weighted by atomic mass is 9.80.